The summed E-state index contributed by atoms with van der Waals surface area (Å²) in [6.45, 7) is 11.5. The van der Waals surface area contributed by atoms with Crippen LogP contribution in [0.3, 0.4) is 0 Å². The van der Waals surface area contributed by atoms with Crippen LogP contribution in [-0.2, 0) is 4.74 Å². The second-order valence-electron chi connectivity index (χ2n) is 5.68. The fourth-order valence-corrected chi connectivity index (χ4v) is 1.75. The minimum atomic E-state index is 0.160. The quantitative estimate of drug-likeness (QED) is 0.759. The van der Waals surface area contributed by atoms with Gasteiger partial charge in [0.15, 0.2) is 0 Å². The summed E-state index contributed by atoms with van der Waals surface area (Å²) in [6.07, 6.45) is 0.160. The summed E-state index contributed by atoms with van der Waals surface area (Å²) >= 11 is 0. The molecular weight excluding hydrogens is 222 g/mol. The molecule has 1 N–H and O–H groups in total. The molecular formula is C16H27NO. The first kappa shape index (κ1) is 15.2. The predicted molar refractivity (Wildman–Crippen MR) is 77.7 cm³/mol. The Bertz CT molecular complexity index is 308. The molecule has 0 fully saturated rings. The third kappa shape index (κ3) is 6.18. The van der Waals surface area contributed by atoms with Crippen LogP contribution in [0, 0.1) is 11.8 Å². The van der Waals surface area contributed by atoms with E-state index in [0.717, 1.165) is 19.7 Å². The Morgan fingerprint density at radius 3 is 2.17 bits per heavy atom. The first-order valence-corrected chi connectivity index (χ1v) is 6.96. The van der Waals surface area contributed by atoms with Crippen LogP contribution in [0.25, 0.3) is 0 Å². The van der Waals surface area contributed by atoms with Gasteiger partial charge in [0.1, 0.15) is 0 Å². The van der Waals surface area contributed by atoms with Crippen LogP contribution in [0.15, 0.2) is 30.3 Å². The largest absolute Gasteiger partial charge is 0.372 e. The summed E-state index contributed by atoms with van der Waals surface area (Å²) < 4.78 is 6.01. The van der Waals surface area contributed by atoms with Gasteiger partial charge in [0.2, 0.25) is 0 Å². The second-order valence-corrected chi connectivity index (χ2v) is 5.68. The zero-order valence-corrected chi connectivity index (χ0v) is 12.1. The summed E-state index contributed by atoms with van der Waals surface area (Å²) in [5, 5.41) is 3.48. The van der Waals surface area contributed by atoms with E-state index in [0.29, 0.717) is 11.8 Å². The van der Waals surface area contributed by atoms with E-state index in [4.69, 9.17) is 4.74 Å². The molecule has 0 bridgehead atoms. The van der Waals surface area contributed by atoms with E-state index in [9.17, 15) is 0 Å². The van der Waals surface area contributed by atoms with Crippen LogP contribution in [0.1, 0.15) is 39.4 Å². The summed E-state index contributed by atoms with van der Waals surface area (Å²) in [7, 11) is 0. The fraction of sp³-hybridized carbons (Fsp3) is 0.625. The molecule has 102 valence electrons. The van der Waals surface area contributed by atoms with E-state index in [1.165, 1.54) is 5.56 Å². The molecule has 2 nitrogen and oxygen atoms in total. The number of benzene rings is 1. The van der Waals surface area contributed by atoms with Gasteiger partial charge < -0.3 is 10.1 Å². The lowest BCUT2D eigenvalue weighted by Crippen LogP contribution is -2.27. The molecule has 0 radical (unpaired) electrons. The number of ether oxygens (including phenoxy) is 1. The van der Waals surface area contributed by atoms with Crippen molar-refractivity contribution in [2.24, 2.45) is 11.8 Å². The van der Waals surface area contributed by atoms with Gasteiger partial charge in [-0.3, -0.25) is 0 Å². The molecule has 0 saturated heterocycles. The first-order valence-electron chi connectivity index (χ1n) is 6.96. The number of nitrogens with one attached hydrogen (secondary N) is 1. The van der Waals surface area contributed by atoms with E-state index in [2.05, 4.69) is 57.3 Å². The molecule has 0 saturated carbocycles. The first-order chi connectivity index (χ1) is 8.59. The molecule has 1 aromatic rings. The highest BCUT2D eigenvalue weighted by Gasteiger charge is 2.12. The summed E-state index contributed by atoms with van der Waals surface area (Å²) in [5.41, 5.74) is 1.26. The van der Waals surface area contributed by atoms with Crippen molar-refractivity contribution >= 4 is 0 Å². The Kier molecular flexibility index (Phi) is 6.99. The highest BCUT2D eigenvalue weighted by molar-refractivity contribution is 5.17. The van der Waals surface area contributed by atoms with Crippen molar-refractivity contribution in [3.05, 3.63) is 35.9 Å². The molecule has 2 heteroatoms. The van der Waals surface area contributed by atoms with E-state index in [1.807, 2.05) is 6.07 Å². The maximum atomic E-state index is 6.01. The molecule has 0 heterocycles. The lowest BCUT2D eigenvalue weighted by Gasteiger charge is -2.21. The molecule has 0 spiro atoms. The lowest BCUT2D eigenvalue weighted by atomic mass is 10.1. The van der Waals surface area contributed by atoms with E-state index >= 15 is 0 Å². The highest BCUT2D eigenvalue weighted by atomic mass is 16.5. The maximum absolute atomic E-state index is 6.01. The SMILES string of the molecule is CC(C)CNCC(OCC(C)C)c1ccccc1. The molecule has 1 atom stereocenters. The Morgan fingerprint density at radius 2 is 1.61 bits per heavy atom. The Labute approximate surface area is 112 Å². The van der Waals surface area contributed by atoms with Crippen molar-refractivity contribution in [3.8, 4) is 0 Å². The van der Waals surface area contributed by atoms with Gasteiger partial charge in [-0.25, -0.2) is 0 Å². The Morgan fingerprint density at radius 1 is 0.944 bits per heavy atom. The maximum Gasteiger partial charge on any atom is 0.0949 e. The topological polar surface area (TPSA) is 21.3 Å². The van der Waals surface area contributed by atoms with Crippen molar-refractivity contribution < 1.29 is 4.74 Å². The van der Waals surface area contributed by atoms with Gasteiger partial charge in [-0.1, -0.05) is 58.0 Å². The minimum absolute atomic E-state index is 0.160. The fourth-order valence-electron chi connectivity index (χ4n) is 1.75. The molecule has 0 aliphatic heterocycles. The molecule has 0 aliphatic rings. The van der Waals surface area contributed by atoms with Crippen LogP contribution >= 0.6 is 0 Å². The van der Waals surface area contributed by atoms with Crippen molar-refractivity contribution in [2.45, 2.75) is 33.8 Å². The smallest absolute Gasteiger partial charge is 0.0949 e. The second kappa shape index (κ2) is 8.28. The van der Waals surface area contributed by atoms with Crippen molar-refractivity contribution in [3.63, 3.8) is 0 Å². The third-order valence-corrected chi connectivity index (χ3v) is 2.68. The molecule has 0 aromatic heterocycles. The summed E-state index contributed by atoms with van der Waals surface area (Å²) in [6, 6.07) is 10.5. The monoisotopic (exact) mass is 249 g/mol. The zero-order chi connectivity index (χ0) is 13.4. The van der Waals surface area contributed by atoms with Crippen molar-refractivity contribution in [1.29, 1.82) is 0 Å². The van der Waals surface area contributed by atoms with Crippen LogP contribution in [-0.4, -0.2) is 19.7 Å². The van der Waals surface area contributed by atoms with Gasteiger partial charge in [-0.15, -0.1) is 0 Å². The molecule has 1 aromatic carbocycles. The van der Waals surface area contributed by atoms with E-state index in [-0.39, 0.29) is 6.10 Å². The van der Waals surface area contributed by atoms with Crippen molar-refractivity contribution in [2.75, 3.05) is 19.7 Å². The predicted octanol–water partition coefficient (Wildman–Crippen LogP) is 3.65. The summed E-state index contributed by atoms with van der Waals surface area (Å²) in [4.78, 5) is 0. The van der Waals surface area contributed by atoms with Gasteiger partial charge >= 0.3 is 0 Å². The molecule has 1 unspecified atom stereocenters. The van der Waals surface area contributed by atoms with Crippen LogP contribution in [0.2, 0.25) is 0 Å². The van der Waals surface area contributed by atoms with Crippen LogP contribution in [0.4, 0.5) is 0 Å². The highest BCUT2D eigenvalue weighted by Crippen LogP contribution is 2.17. The molecule has 0 amide bonds. The molecule has 0 aliphatic carbocycles. The average Bonchev–Trinajstić information content (AvgIpc) is 2.34. The van der Waals surface area contributed by atoms with E-state index < -0.39 is 0 Å². The summed E-state index contributed by atoms with van der Waals surface area (Å²) in [5.74, 6) is 1.24. The van der Waals surface area contributed by atoms with Crippen LogP contribution < -0.4 is 5.32 Å². The Balaban J connectivity index is 2.52. The van der Waals surface area contributed by atoms with E-state index in [1.54, 1.807) is 0 Å². The normalized spacial score (nSPS) is 13.2. The number of hydrogen-bond acceptors (Lipinski definition) is 2. The van der Waals surface area contributed by atoms with Crippen LogP contribution in [0.5, 0.6) is 0 Å². The number of hydrogen-bond donors (Lipinski definition) is 1. The molecule has 1 rings (SSSR count). The van der Waals surface area contributed by atoms with Gasteiger partial charge in [0, 0.05) is 13.2 Å². The minimum Gasteiger partial charge on any atom is -0.372 e. The third-order valence-electron chi connectivity index (χ3n) is 2.68. The van der Waals surface area contributed by atoms with Gasteiger partial charge in [-0.2, -0.15) is 0 Å². The van der Waals surface area contributed by atoms with Crippen molar-refractivity contribution in [1.82, 2.24) is 5.32 Å². The number of rotatable bonds is 8. The average molecular weight is 249 g/mol. The van der Waals surface area contributed by atoms with Gasteiger partial charge in [0.25, 0.3) is 0 Å². The van der Waals surface area contributed by atoms with Gasteiger partial charge in [-0.05, 0) is 23.9 Å². The lowest BCUT2D eigenvalue weighted by molar-refractivity contribution is 0.0348. The zero-order valence-electron chi connectivity index (χ0n) is 12.1. The Hall–Kier alpha value is -0.860. The van der Waals surface area contributed by atoms with Gasteiger partial charge in [0.05, 0.1) is 6.10 Å². The molecule has 18 heavy (non-hydrogen) atoms. The standard InChI is InChI=1S/C16H27NO/c1-13(2)10-17-11-16(18-12-14(3)4)15-8-6-5-7-9-15/h5-9,13-14,16-17H,10-12H2,1-4H3.